The van der Waals surface area contributed by atoms with Crippen LogP contribution in [-0.4, -0.2) is 66.9 Å². The van der Waals surface area contributed by atoms with Crippen molar-refractivity contribution < 1.29 is 14.2 Å². The summed E-state index contributed by atoms with van der Waals surface area (Å²) in [4.78, 5) is 4.79. The molecule has 0 radical (unpaired) electrons. The van der Waals surface area contributed by atoms with Crippen molar-refractivity contribution in [3.8, 4) is 0 Å². The molecule has 23 heavy (non-hydrogen) atoms. The quantitative estimate of drug-likeness (QED) is 0.795. The SMILES string of the molecule is CCCN1CCCN(CC(O)COCc2ccccc2F)CC1. The van der Waals surface area contributed by atoms with Crippen molar-refractivity contribution in [1.29, 1.82) is 0 Å². The zero-order chi connectivity index (χ0) is 16.5. The fraction of sp³-hybridized carbons (Fsp3) is 0.667. The van der Waals surface area contributed by atoms with E-state index in [1.165, 1.54) is 12.5 Å². The van der Waals surface area contributed by atoms with Crippen molar-refractivity contribution in [3.05, 3.63) is 35.6 Å². The van der Waals surface area contributed by atoms with Crippen LogP contribution in [0.3, 0.4) is 0 Å². The van der Waals surface area contributed by atoms with Crippen LogP contribution in [0, 0.1) is 5.82 Å². The third-order valence-corrected chi connectivity index (χ3v) is 4.22. The van der Waals surface area contributed by atoms with E-state index in [9.17, 15) is 9.50 Å². The van der Waals surface area contributed by atoms with Crippen LogP contribution in [-0.2, 0) is 11.3 Å². The van der Waals surface area contributed by atoms with Crippen molar-refractivity contribution in [2.24, 2.45) is 0 Å². The zero-order valence-electron chi connectivity index (χ0n) is 14.1. The van der Waals surface area contributed by atoms with E-state index in [0.717, 1.165) is 39.1 Å². The van der Waals surface area contributed by atoms with Gasteiger partial charge in [0, 0.05) is 25.2 Å². The van der Waals surface area contributed by atoms with E-state index in [0.29, 0.717) is 12.1 Å². The van der Waals surface area contributed by atoms with Gasteiger partial charge in [0.15, 0.2) is 0 Å². The van der Waals surface area contributed by atoms with Crippen molar-refractivity contribution >= 4 is 0 Å². The van der Waals surface area contributed by atoms with Crippen LogP contribution in [0.2, 0.25) is 0 Å². The molecule has 5 heteroatoms. The summed E-state index contributed by atoms with van der Waals surface area (Å²) in [7, 11) is 0. The lowest BCUT2D eigenvalue weighted by Gasteiger charge is -2.23. The second kappa shape index (κ2) is 9.98. The largest absolute Gasteiger partial charge is 0.389 e. The van der Waals surface area contributed by atoms with E-state index in [1.807, 2.05) is 0 Å². The molecule has 0 bridgehead atoms. The lowest BCUT2D eigenvalue weighted by molar-refractivity contribution is 0.00974. The van der Waals surface area contributed by atoms with Gasteiger partial charge < -0.3 is 14.7 Å². The van der Waals surface area contributed by atoms with Gasteiger partial charge in [-0.25, -0.2) is 4.39 Å². The molecule has 1 heterocycles. The Hall–Kier alpha value is -1.01. The van der Waals surface area contributed by atoms with Gasteiger partial charge in [-0.05, 0) is 38.5 Å². The van der Waals surface area contributed by atoms with Crippen LogP contribution < -0.4 is 0 Å². The number of ether oxygens (including phenoxy) is 1. The fourth-order valence-electron chi connectivity index (χ4n) is 3.02. The number of rotatable bonds is 8. The minimum absolute atomic E-state index is 0.202. The second-order valence-electron chi connectivity index (χ2n) is 6.26. The summed E-state index contributed by atoms with van der Waals surface area (Å²) in [6.07, 6.45) is 1.80. The summed E-state index contributed by atoms with van der Waals surface area (Å²) in [5.74, 6) is -0.259. The summed E-state index contributed by atoms with van der Waals surface area (Å²) in [5.41, 5.74) is 0.532. The van der Waals surface area contributed by atoms with Gasteiger partial charge in [0.2, 0.25) is 0 Å². The first-order chi connectivity index (χ1) is 11.2. The summed E-state index contributed by atoms with van der Waals surface area (Å²) in [6, 6.07) is 6.58. The summed E-state index contributed by atoms with van der Waals surface area (Å²) >= 11 is 0. The lowest BCUT2D eigenvalue weighted by Crippen LogP contribution is -2.37. The predicted molar refractivity (Wildman–Crippen MR) is 89.9 cm³/mol. The molecule has 1 saturated heterocycles. The van der Waals surface area contributed by atoms with E-state index in [-0.39, 0.29) is 19.0 Å². The van der Waals surface area contributed by atoms with Gasteiger partial charge in [0.25, 0.3) is 0 Å². The standard InChI is InChI=1S/C18H29FN2O2/c1-2-8-20-9-5-10-21(12-11-20)13-17(22)15-23-14-16-6-3-4-7-18(16)19/h3-4,6-7,17,22H,2,5,8-15H2,1H3. The molecule has 2 rings (SSSR count). The van der Waals surface area contributed by atoms with E-state index in [4.69, 9.17) is 4.74 Å². The molecule has 1 atom stereocenters. The maximum atomic E-state index is 13.5. The summed E-state index contributed by atoms with van der Waals surface area (Å²) in [5, 5.41) is 10.1. The number of benzene rings is 1. The third kappa shape index (κ3) is 6.55. The van der Waals surface area contributed by atoms with E-state index in [1.54, 1.807) is 18.2 Å². The van der Waals surface area contributed by atoms with E-state index >= 15 is 0 Å². The first-order valence-corrected chi connectivity index (χ1v) is 8.63. The van der Waals surface area contributed by atoms with Gasteiger partial charge in [0.1, 0.15) is 5.82 Å². The van der Waals surface area contributed by atoms with Crippen LogP contribution in [0.5, 0.6) is 0 Å². The Bertz CT molecular complexity index is 458. The molecule has 0 saturated carbocycles. The molecular weight excluding hydrogens is 295 g/mol. The minimum Gasteiger partial charge on any atom is -0.389 e. The van der Waals surface area contributed by atoms with Gasteiger partial charge in [0.05, 0.1) is 19.3 Å². The van der Waals surface area contributed by atoms with Gasteiger partial charge in [-0.3, -0.25) is 4.90 Å². The highest BCUT2D eigenvalue weighted by molar-refractivity contribution is 5.16. The number of aliphatic hydroxyl groups excluding tert-OH is 1. The molecule has 0 amide bonds. The smallest absolute Gasteiger partial charge is 0.128 e. The van der Waals surface area contributed by atoms with Crippen molar-refractivity contribution in [2.45, 2.75) is 32.5 Å². The van der Waals surface area contributed by atoms with Crippen LogP contribution >= 0.6 is 0 Å². The fourth-order valence-corrected chi connectivity index (χ4v) is 3.02. The molecule has 1 aliphatic rings. The highest BCUT2D eigenvalue weighted by atomic mass is 19.1. The maximum Gasteiger partial charge on any atom is 0.128 e. The topological polar surface area (TPSA) is 35.9 Å². The van der Waals surface area contributed by atoms with Crippen LogP contribution in [0.1, 0.15) is 25.3 Å². The number of hydrogen-bond acceptors (Lipinski definition) is 4. The van der Waals surface area contributed by atoms with Gasteiger partial charge in [-0.1, -0.05) is 25.1 Å². The molecule has 130 valence electrons. The summed E-state index contributed by atoms with van der Waals surface area (Å²) < 4.78 is 18.9. The molecule has 1 unspecified atom stereocenters. The molecule has 1 fully saturated rings. The summed E-state index contributed by atoms with van der Waals surface area (Å²) in [6.45, 7) is 8.64. The molecule has 0 spiro atoms. The van der Waals surface area contributed by atoms with Crippen molar-refractivity contribution in [3.63, 3.8) is 0 Å². The van der Waals surface area contributed by atoms with E-state index in [2.05, 4.69) is 16.7 Å². The highest BCUT2D eigenvalue weighted by Crippen LogP contribution is 2.09. The second-order valence-corrected chi connectivity index (χ2v) is 6.26. The van der Waals surface area contributed by atoms with Gasteiger partial charge in [-0.2, -0.15) is 0 Å². The van der Waals surface area contributed by atoms with E-state index < -0.39 is 6.10 Å². The number of hydrogen-bond donors (Lipinski definition) is 1. The van der Waals surface area contributed by atoms with Crippen LogP contribution in [0.25, 0.3) is 0 Å². The van der Waals surface area contributed by atoms with Gasteiger partial charge in [-0.15, -0.1) is 0 Å². The number of aliphatic hydroxyl groups is 1. The number of nitrogens with zero attached hydrogens (tertiary/aromatic N) is 2. The minimum atomic E-state index is -0.528. The molecular formula is C18H29FN2O2. The molecule has 4 nitrogen and oxygen atoms in total. The first kappa shape index (κ1) is 18.3. The average Bonchev–Trinajstić information content (AvgIpc) is 2.75. The Balaban J connectivity index is 1.66. The van der Waals surface area contributed by atoms with Crippen LogP contribution in [0.15, 0.2) is 24.3 Å². The molecule has 0 aliphatic carbocycles. The Morgan fingerprint density at radius 1 is 1.17 bits per heavy atom. The van der Waals surface area contributed by atoms with Gasteiger partial charge >= 0.3 is 0 Å². The normalized spacial score (nSPS) is 18.7. The molecule has 1 aliphatic heterocycles. The molecule has 1 N–H and O–H groups in total. The number of β-amino-alcohol motifs (C(OH)–C–C–N with tert-alkyl or cyclic N) is 1. The highest BCUT2D eigenvalue weighted by Gasteiger charge is 2.17. The monoisotopic (exact) mass is 324 g/mol. The Morgan fingerprint density at radius 2 is 1.91 bits per heavy atom. The zero-order valence-corrected chi connectivity index (χ0v) is 14.1. The predicted octanol–water partition coefficient (Wildman–Crippen LogP) is 2.12. The molecule has 1 aromatic carbocycles. The lowest BCUT2D eigenvalue weighted by atomic mass is 10.2. The Morgan fingerprint density at radius 3 is 2.70 bits per heavy atom. The Labute approximate surface area is 138 Å². The first-order valence-electron chi connectivity index (χ1n) is 8.63. The van der Waals surface area contributed by atoms with Crippen molar-refractivity contribution in [2.75, 3.05) is 45.9 Å². The molecule has 1 aromatic rings. The number of halogens is 1. The average molecular weight is 324 g/mol. The molecule has 0 aromatic heterocycles. The third-order valence-electron chi connectivity index (χ3n) is 4.22. The van der Waals surface area contributed by atoms with Crippen LogP contribution in [0.4, 0.5) is 4.39 Å². The Kier molecular flexibility index (Phi) is 7.95. The maximum absolute atomic E-state index is 13.5. The van der Waals surface area contributed by atoms with Crippen molar-refractivity contribution in [1.82, 2.24) is 9.80 Å².